The van der Waals surface area contributed by atoms with E-state index in [2.05, 4.69) is 9.73 Å². The summed E-state index contributed by atoms with van der Waals surface area (Å²) in [7, 11) is 1.64. The Bertz CT molecular complexity index is 1400. The molecule has 0 saturated heterocycles. The van der Waals surface area contributed by atoms with E-state index in [9.17, 15) is 31.4 Å². The first-order valence-electron chi connectivity index (χ1n) is 10.3. The average Bonchev–Trinajstić information content (AvgIpc) is 3.04. The normalized spacial score (nSPS) is 13.0. The second-order valence-electron chi connectivity index (χ2n) is 7.77. The van der Waals surface area contributed by atoms with Gasteiger partial charge in [0.05, 0.1) is 35.4 Å². The minimum absolute atomic E-state index is 0.148. The predicted octanol–water partition coefficient (Wildman–Crippen LogP) is 5.67. The molecule has 5 nitrogen and oxygen atoms in total. The van der Waals surface area contributed by atoms with Crippen molar-refractivity contribution in [3.8, 4) is 5.75 Å². The van der Waals surface area contributed by atoms with Gasteiger partial charge in [-0.05, 0) is 53.6 Å². The minimum atomic E-state index is -4.83. The van der Waals surface area contributed by atoms with Crippen LogP contribution < -0.4 is 10.4 Å². The molecule has 3 aromatic carbocycles. The van der Waals surface area contributed by atoms with E-state index in [0.29, 0.717) is 11.1 Å². The minimum Gasteiger partial charge on any atom is -0.406 e. The Labute approximate surface area is 195 Å². The second-order valence-corrected chi connectivity index (χ2v) is 7.77. The molecule has 4 rings (SSSR count). The van der Waals surface area contributed by atoms with E-state index in [0.717, 1.165) is 29.8 Å². The number of aliphatic hydroxyl groups excluding tert-OH is 1. The highest BCUT2D eigenvalue weighted by molar-refractivity contribution is 5.77. The Morgan fingerprint density at radius 2 is 1.46 bits per heavy atom. The molecule has 11 heteroatoms. The number of aromatic nitrogens is 2. The van der Waals surface area contributed by atoms with Gasteiger partial charge in [-0.2, -0.15) is 13.2 Å². The highest BCUT2D eigenvalue weighted by Gasteiger charge is 2.32. The van der Waals surface area contributed by atoms with Crippen LogP contribution >= 0.6 is 0 Å². The van der Waals surface area contributed by atoms with Gasteiger partial charge in [-0.15, -0.1) is 13.2 Å². The van der Waals surface area contributed by atoms with E-state index in [1.807, 2.05) is 0 Å². The van der Waals surface area contributed by atoms with E-state index in [1.54, 1.807) is 40.4 Å². The average molecular weight is 495 g/mol. The Hall–Kier alpha value is -3.73. The molecule has 0 aliphatic rings. The van der Waals surface area contributed by atoms with Crippen molar-refractivity contribution in [2.45, 2.75) is 25.7 Å². The summed E-state index contributed by atoms with van der Waals surface area (Å²) in [5, 5.41) is 9.26. The molecule has 184 valence electrons. The van der Waals surface area contributed by atoms with Crippen molar-refractivity contribution in [2.24, 2.45) is 12.0 Å². The Morgan fingerprint density at radius 3 is 2.03 bits per heavy atom. The van der Waals surface area contributed by atoms with Gasteiger partial charge in [-0.25, -0.2) is 4.99 Å². The van der Waals surface area contributed by atoms with Gasteiger partial charge in [-0.3, -0.25) is 0 Å². The molecule has 0 amide bonds. The molecular weight excluding hydrogens is 476 g/mol. The zero-order chi connectivity index (χ0) is 25.4. The van der Waals surface area contributed by atoms with E-state index in [4.69, 9.17) is 0 Å². The van der Waals surface area contributed by atoms with E-state index in [-0.39, 0.29) is 30.0 Å². The third kappa shape index (κ3) is 5.51. The molecule has 0 atom stereocenters. The number of halogens is 6. The third-order valence-corrected chi connectivity index (χ3v) is 5.34. The molecule has 0 saturated carbocycles. The monoisotopic (exact) mass is 495 g/mol. The molecule has 35 heavy (non-hydrogen) atoms. The lowest BCUT2D eigenvalue weighted by atomic mass is 10.1. The zero-order valence-corrected chi connectivity index (χ0v) is 18.2. The van der Waals surface area contributed by atoms with Crippen LogP contribution in [0.5, 0.6) is 5.75 Å². The summed E-state index contributed by atoms with van der Waals surface area (Å²) in [6, 6.07) is 15.1. The molecule has 0 aliphatic heterocycles. The van der Waals surface area contributed by atoms with Crippen molar-refractivity contribution in [1.29, 1.82) is 0 Å². The van der Waals surface area contributed by atoms with E-state index >= 15 is 0 Å². The molecule has 0 fully saturated rings. The van der Waals surface area contributed by atoms with Crippen LogP contribution in [0.2, 0.25) is 0 Å². The van der Waals surface area contributed by atoms with Gasteiger partial charge in [0.25, 0.3) is 0 Å². The number of aryl methyl sites for hydroxylation is 1. The number of alkyl halides is 6. The summed E-state index contributed by atoms with van der Waals surface area (Å²) in [6.45, 7) is 0.0176. The maximum atomic E-state index is 13.4. The van der Waals surface area contributed by atoms with Crippen molar-refractivity contribution in [3.63, 3.8) is 0 Å². The first-order chi connectivity index (χ1) is 16.4. The lowest BCUT2D eigenvalue weighted by Gasteiger charge is -2.09. The Morgan fingerprint density at radius 1 is 0.829 bits per heavy atom. The van der Waals surface area contributed by atoms with Gasteiger partial charge < -0.3 is 19.0 Å². The molecule has 0 aliphatic carbocycles. The van der Waals surface area contributed by atoms with Gasteiger partial charge in [0, 0.05) is 7.05 Å². The topological polar surface area (TPSA) is 51.7 Å². The summed E-state index contributed by atoms with van der Waals surface area (Å²) >= 11 is 0. The van der Waals surface area contributed by atoms with Crippen molar-refractivity contribution >= 4 is 16.7 Å². The Balaban J connectivity index is 1.86. The highest BCUT2D eigenvalue weighted by atomic mass is 19.4. The largest absolute Gasteiger partial charge is 0.573 e. The first-order valence-corrected chi connectivity index (χ1v) is 10.3. The number of nitrogens with zero attached hydrogens (tertiary/aromatic N) is 3. The van der Waals surface area contributed by atoms with Crippen LogP contribution in [-0.2, 0) is 26.4 Å². The van der Waals surface area contributed by atoms with Crippen LogP contribution in [0.4, 0.5) is 32.0 Å². The van der Waals surface area contributed by atoms with Crippen molar-refractivity contribution < 1.29 is 36.2 Å². The number of benzene rings is 3. The van der Waals surface area contributed by atoms with Crippen LogP contribution in [0.3, 0.4) is 0 Å². The number of ether oxygens (including phenoxy) is 1. The maximum absolute atomic E-state index is 13.4. The molecule has 0 bridgehead atoms. The van der Waals surface area contributed by atoms with E-state index < -0.39 is 23.9 Å². The van der Waals surface area contributed by atoms with Crippen molar-refractivity contribution in [2.75, 3.05) is 0 Å². The number of imidazole rings is 1. The number of hydrogen-bond donors (Lipinski definition) is 1. The predicted molar refractivity (Wildman–Crippen MR) is 116 cm³/mol. The molecule has 1 aromatic heterocycles. The number of hydrogen-bond acceptors (Lipinski definition) is 3. The standard InChI is InChI=1S/C24H19F6N3O2/c1-32-20-11-6-17(23(25,26)27)12-21(20)33(13-15-2-4-16(14-34)5-3-15)22(32)31-18-7-9-19(10-8-18)35-24(28,29)30/h2-12,34H,13-14H2,1H3/b31-22+. The summed E-state index contributed by atoms with van der Waals surface area (Å²) in [5.74, 6) is -0.417. The molecule has 4 aromatic rings. The SMILES string of the molecule is Cn1/c(=N\c2ccc(OC(F)(F)F)cc2)n(Cc2ccc(CO)cc2)c2cc(C(F)(F)F)ccc21. The van der Waals surface area contributed by atoms with E-state index in [1.165, 1.54) is 18.2 Å². The van der Waals surface area contributed by atoms with Crippen LogP contribution in [-0.4, -0.2) is 20.6 Å². The number of rotatable bonds is 5. The molecule has 0 unspecified atom stereocenters. The van der Waals surface area contributed by atoms with Crippen LogP contribution in [0, 0.1) is 0 Å². The van der Waals surface area contributed by atoms with Gasteiger partial charge in [0.2, 0.25) is 5.62 Å². The smallest absolute Gasteiger partial charge is 0.406 e. The van der Waals surface area contributed by atoms with Crippen molar-refractivity contribution in [1.82, 2.24) is 9.13 Å². The summed E-state index contributed by atoms with van der Waals surface area (Å²) in [4.78, 5) is 4.51. The summed E-state index contributed by atoms with van der Waals surface area (Å²) in [5.41, 5.74) is 1.95. The van der Waals surface area contributed by atoms with Gasteiger partial charge in [0.1, 0.15) is 5.75 Å². The zero-order valence-electron chi connectivity index (χ0n) is 18.2. The quantitative estimate of drug-likeness (QED) is 0.363. The lowest BCUT2D eigenvalue weighted by Crippen LogP contribution is -2.24. The van der Waals surface area contributed by atoms with Crippen LogP contribution in [0.15, 0.2) is 71.7 Å². The molecule has 0 spiro atoms. The summed E-state index contributed by atoms with van der Waals surface area (Å²) in [6.07, 6.45) is -9.38. The van der Waals surface area contributed by atoms with Crippen LogP contribution in [0.25, 0.3) is 11.0 Å². The van der Waals surface area contributed by atoms with Crippen LogP contribution in [0.1, 0.15) is 16.7 Å². The molecular formula is C24H19F6N3O2. The first kappa shape index (κ1) is 24.4. The maximum Gasteiger partial charge on any atom is 0.573 e. The Kier molecular flexibility index (Phi) is 6.37. The summed E-state index contributed by atoms with van der Waals surface area (Å²) < 4.78 is 84.6. The van der Waals surface area contributed by atoms with Gasteiger partial charge >= 0.3 is 12.5 Å². The second kappa shape index (κ2) is 9.14. The fourth-order valence-electron chi connectivity index (χ4n) is 3.66. The molecule has 1 heterocycles. The fourth-order valence-corrected chi connectivity index (χ4v) is 3.66. The lowest BCUT2D eigenvalue weighted by molar-refractivity contribution is -0.274. The number of fused-ring (bicyclic) bond motifs is 1. The van der Waals surface area contributed by atoms with Gasteiger partial charge in [-0.1, -0.05) is 24.3 Å². The third-order valence-electron chi connectivity index (χ3n) is 5.34. The fraction of sp³-hybridized carbons (Fsp3) is 0.208. The highest BCUT2D eigenvalue weighted by Crippen LogP contribution is 2.31. The number of aliphatic hydroxyl groups is 1. The van der Waals surface area contributed by atoms with Gasteiger partial charge in [0.15, 0.2) is 0 Å². The van der Waals surface area contributed by atoms with Crippen molar-refractivity contribution in [3.05, 3.63) is 89.0 Å². The molecule has 1 N–H and O–H groups in total. The molecule has 0 radical (unpaired) electrons.